The minimum Gasteiger partial charge on any atom is -0.392 e. The lowest BCUT2D eigenvalue weighted by Gasteiger charge is -2.66. The average molecular weight is 313 g/mol. The minimum absolute atomic E-state index is 0.0316. The van der Waals surface area contributed by atoms with Gasteiger partial charge in [0, 0.05) is 35.9 Å². The van der Waals surface area contributed by atoms with Crippen LogP contribution >= 0.6 is 0 Å². The number of nitrogens with zero attached hydrogens (tertiary/aromatic N) is 1. The van der Waals surface area contributed by atoms with E-state index < -0.39 is 0 Å². The van der Waals surface area contributed by atoms with E-state index in [0.29, 0.717) is 34.7 Å². The highest BCUT2D eigenvalue weighted by molar-refractivity contribution is 5.43. The Morgan fingerprint density at radius 2 is 2.00 bits per heavy atom. The molecule has 6 aliphatic carbocycles. The van der Waals surface area contributed by atoms with E-state index in [0.717, 1.165) is 24.3 Å². The van der Waals surface area contributed by atoms with Gasteiger partial charge in [-0.15, -0.1) is 0 Å². The summed E-state index contributed by atoms with van der Waals surface area (Å²) in [5, 5.41) is 22.6. The number of rotatable bonds is 0. The van der Waals surface area contributed by atoms with Crippen molar-refractivity contribution in [2.45, 2.75) is 63.3 Å². The van der Waals surface area contributed by atoms with Gasteiger partial charge in [-0.25, -0.2) is 0 Å². The summed E-state index contributed by atoms with van der Waals surface area (Å²) in [6.07, 6.45) is 5.64. The van der Waals surface area contributed by atoms with E-state index >= 15 is 0 Å². The molecule has 23 heavy (non-hydrogen) atoms. The van der Waals surface area contributed by atoms with Crippen LogP contribution in [0.25, 0.3) is 0 Å². The summed E-state index contributed by atoms with van der Waals surface area (Å²) in [5.41, 5.74) is 1.72. The lowest BCUT2D eigenvalue weighted by molar-refractivity contribution is -0.213. The Balaban J connectivity index is 1.55. The molecule has 124 valence electrons. The topological polar surface area (TPSA) is 43.7 Å². The smallest absolute Gasteiger partial charge is 0.0815 e. The van der Waals surface area contributed by atoms with E-state index in [4.69, 9.17) is 0 Å². The third kappa shape index (κ3) is 0.910. The Morgan fingerprint density at radius 1 is 1.17 bits per heavy atom. The number of aliphatic hydroxyl groups is 2. The number of hydrogen-bond acceptors (Lipinski definition) is 3. The van der Waals surface area contributed by atoms with E-state index in [9.17, 15) is 10.2 Å². The third-order valence-electron chi connectivity index (χ3n) is 10.3. The molecule has 2 spiro atoms. The first-order valence-electron chi connectivity index (χ1n) is 9.77. The molecule has 0 aromatic carbocycles. The lowest BCUT2D eigenvalue weighted by atomic mass is 9.39. The van der Waals surface area contributed by atoms with E-state index in [1.54, 1.807) is 0 Å². The zero-order chi connectivity index (χ0) is 15.5. The van der Waals surface area contributed by atoms with Gasteiger partial charge in [0.25, 0.3) is 0 Å². The van der Waals surface area contributed by atoms with E-state index in [-0.39, 0.29) is 23.5 Å². The maximum absolute atomic E-state index is 11.3. The Kier molecular flexibility index (Phi) is 1.79. The number of aliphatic hydroxyl groups excluding tert-OH is 2. The second-order valence-electron chi connectivity index (χ2n) is 10.5. The molecule has 0 amide bonds. The van der Waals surface area contributed by atoms with Crippen LogP contribution in [-0.4, -0.2) is 45.9 Å². The highest BCUT2D eigenvalue weighted by Gasteiger charge is 2.89. The fourth-order valence-electron chi connectivity index (χ4n) is 10.5. The molecule has 1 unspecified atom stereocenters. The van der Waals surface area contributed by atoms with Crippen LogP contribution in [0.1, 0.15) is 39.0 Å². The van der Waals surface area contributed by atoms with Crippen LogP contribution in [0.5, 0.6) is 0 Å². The van der Waals surface area contributed by atoms with Gasteiger partial charge in [-0.1, -0.05) is 19.9 Å². The molecule has 9 aliphatic rings. The van der Waals surface area contributed by atoms with Gasteiger partial charge in [0.15, 0.2) is 0 Å². The molecule has 6 saturated carbocycles. The fraction of sp³-hybridized carbons (Fsp3) is 0.900. The predicted octanol–water partition coefficient (Wildman–Crippen LogP) is 1.79. The molecule has 2 N–H and O–H groups in total. The maximum Gasteiger partial charge on any atom is 0.0815 e. The molecule has 12 atom stereocenters. The van der Waals surface area contributed by atoms with Crippen molar-refractivity contribution in [1.29, 1.82) is 0 Å². The molecule has 9 bridgehead atoms. The van der Waals surface area contributed by atoms with Crippen LogP contribution in [-0.2, 0) is 0 Å². The number of fused-ring (bicyclic) bond motifs is 1. The van der Waals surface area contributed by atoms with Crippen molar-refractivity contribution in [2.75, 3.05) is 6.54 Å². The van der Waals surface area contributed by atoms with Gasteiger partial charge in [-0.05, 0) is 53.9 Å². The Morgan fingerprint density at radius 3 is 2.83 bits per heavy atom. The van der Waals surface area contributed by atoms with Crippen molar-refractivity contribution < 1.29 is 10.2 Å². The van der Waals surface area contributed by atoms with Crippen LogP contribution in [0.2, 0.25) is 0 Å². The van der Waals surface area contributed by atoms with E-state index in [1.165, 1.54) is 25.8 Å². The summed E-state index contributed by atoms with van der Waals surface area (Å²) >= 11 is 0. The molecular formula is C20H27NO2. The summed E-state index contributed by atoms with van der Waals surface area (Å²) in [7, 11) is 0. The zero-order valence-corrected chi connectivity index (χ0v) is 13.9. The molecule has 0 radical (unpaired) electrons. The Bertz CT molecular complexity index is 677. The van der Waals surface area contributed by atoms with Gasteiger partial charge in [0.2, 0.25) is 0 Å². The first-order valence-corrected chi connectivity index (χ1v) is 9.77. The van der Waals surface area contributed by atoms with Crippen LogP contribution in [0.15, 0.2) is 12.2 Å². The maximum atomic E-state index is 11.3. The SMILES string of the molecule is C=C1[C@@H](O)[C@@]23C[C@@H]4[C@H]5[C@]6(C)CCC[C@]57[C@@H]2[C@@H](O)[C@H]1C[C@@H]3[C@@H]7N4C6. The minimum atomic E-state index is -0.349. The standard InChI is InChI=1S/C20H27NO2/c1-9-10-6-11-16-19-5-3-4-18(2)8-21(16)12(14(18)19)7-20(11,17(9)23)15(19)13(10)22/h10-17,22-23H,1,3-8H2,2H3/t10-,11+,12+,13-,14-,15-,16-,17+,18+,19+,20+/m0/s1. The van der Waals surface area contributed by atoms with E-state index in [2.05, 4.69) is 18.4 Å². The molecule has 3 nitrogen and oxygen atoms in total. The van der Waals surface area contributed by atoms with Crippen molar-refractivity contribution in [3.63, 3.8) is 0 Å². The molecule has 3 heterocycles. The first-order chi connectivity index (χ1) is 11.0. The largest absolute Gasteiger partial charge is 0.392 e. The second-order valence-corrected chi connectivity index (χ2v) is 10.5. The van der Waals surface area contributed by atoms with Crippen LogP contribution in [0, 0.1) is 39.9 Å². The highest BCUT2D eigenvalue weighted by atomic mass is 16.3. The molecule has 0 aromatic heterocycles. The monoisotopic (exact) mass is 313 g/mol. The summed E-state index contributed by atoms with van der Waals surface area (Å²) in [4.78, 5) is 2.88. The van der Waals surface area contributed by atoms with Crippen LogP contribution in [0.4, 0.5) is 0 Å². The average Bonchev–Trinajstić information content (AvgIpc) is 2.93. The molecule has 3 saturated heterocycles. The fourth-order valence-corrected chi connectivity index (χ4v) is 10.5. The Labute approximate surface area is 137 Å². The lowest BCUT2D eigenvalue weighted by Crippen LogP contribution is -2.68. The quantitative estimate of drug-likeness (QED) is 0.670. The number of hydrogen-bond donors (Lipinski definition) is 2. The normalized spacial score (nSPS) is 75.6. The predicted molar refractivity (Wildman–Crippen MR) is 85.5 cm³/mol. The molecule has 3 heteroatoms. The van der Waals surface area contributed by atoms with Gasteiger partial charge in [0.1, 0.15) is 0 Å². The summed E-state index contributed by atoms with van der Waals surface area (Å²) in [6.45, 7) is 8.04. The van der Waals surface area contributed by atoms with Gasteiger partial charge < -0.3 is 10.2 Å². The molecular weight excluding hydrogens is 286 g/mol. The molecule has 9 rings (SSSR count). The summed E-state index contributed by atoms with van der Waals surface area (Å²) in [5.74, 6) is 1.90. The number of piperidine rings is 2. The van der Waals surface area contributed by atoms with Crippen LogP contribution < -0.4 is 0 Å². The summed E-state index contributed by atoms with van der Waals surface area (Å²) < 4.78 is 0. The van der Waals surface area contributed by atoms with Crippen molar-refractivity contribution in [1.82, 2.24) is 4.90 Å². The first kappa shape index (κ1) is 12.9. The van der Waals surface area contributed by atoms with Crippen molar-refractivity contribution in [2.24, 2.45) is 39.9 Å². The van der Waals surface area contributed by atoms with Crippen molar-refractivity contribution >= 4 is 0 Å². The molecule has 3 aliphatic heterocycles. The second kappa shape index (κ2) is 3.20. The van der Waals surface area contributed by atoms with Crippen LogP contribution in [0.3, 0.4) is 0 Å². The van der Waals surface area contributed by atoms with Crippen molar-refractivity contribution in [3.05, 3.63) is 12.2 Å². The van der Waals surface area contributed by atoms with Gasteiger partial charge in [0.05, 0.1) is 12.2 Å². The Hall–Kier alpha value is -0.380. The van der Waals surface area contributed by atoms with Gasteiger partial charge >= 0.3 is 0 Å². The van der Waals surface area contributed by atoms with Gasteiger partial charge in [-0.2, -0.15) is 0 Å². The van der Waals surface area contributed by atoms with Crippen molar-refractivity contribution in [3.8, 4) is 0 Å². The summed E-state index contributed by atoms with van der Waals surface area (Å²) in [6, 6.07) is 1.34. The molecule has 0 aromatic rings. The third-order valence-corrected chi connectivity index (χ3v) is 10.3. The zero-order valence-electron chi connectivity index (χ0n) is 13.9. The van der Waals surface area contributed by atoms with Gasteiger partial charge in [-0.3, -0.25) is 4.90 Å². The molecule has 9 fully saturated rings. The van der Waals surface area contributed by atoms with E-state index in [1.807, 2.05) is 0 Å². The highest BCUT2D eigenvalue weighted by Crippen LogP contribution is 2.86.